The van der Waals surface area contributed by atoms with Gasteiger partial charge in [-0.2, -0.15) is 0 Å². The summed E-state index contributed by atoms with van der Waals surface area (Å²) in [5.41, 5.74) is 6.37. The minimum Gasteiger partial charge on any atom is -0.327 e. The van der Waals surface area contributed by atoms with E-state index in [4.69, 9.17) is 5.73 Å². The van der Waals surface area contributed by atoms with Gasteiger partial charge in [-0.3, -0.25) is 19.3 Å². The van der Waals surface area contributed by atoms with Crippen LogP contribution >= 0.6 is 0 Å². The number of imide groups is 1. The van der Waals surface area contributed by atoms with Crippen molar-refractivity contribution in [1.82, 2.24) is 9.80 Å². The van der Waals surface area contributed by atoms with Crippen molar-refractivity contribution in [3.8, 4) is 0 Å². The lowest BCUT2D eigenvalue weighted by Crippen LogP contribution is -2.42. The first-order valence-corrected chi connectivity index (χ1v) is 10.0. The van der Waals surface area contributed by atoms with Crippen LogP contribution < -0.4 is 5.73 Å². The van der Waals surface area contributed by atoms with Gasteiger partial charge in [-0.1, -0.05) is 63.5 Å². The Morgan fingerprint density at radius 1 is 1.06 bits per heavy atom. The number of rotatable bonds is 13. The Bertz CT molecular complexity index is 688. The molecule has 0 aromatic heterocycles. The highest BCUT2D eigenvalue weighted by Gasteiger charge is 2.28. The number of amides is 3. The lowest BCUT2D eigenvalue weighted by Gasteiger charge is -2.24. The molecule has 0 fully saturated rings. The highest BCUT2D eigenvalue weighted by molar-refractivity contribution is 6.00. The van der Waals surface area contributed by atoms with Gasteiger partial charge < -0.3 is 10.6 Å². The molecule has 6 nitrogen and oxygen atoms in total. The molecule has 0 aliphatic heterocycles. The van der Waals surface area contributed by atoms with Crippen molar-refractivity contribution in [3.63, 3.8) is 0 Å². The monoisotopic (exact) mass is 439 g/mol. The van der Waals surface area contributed by atoms with E-state index in [9.17, 15) is 23.2 Å². The Hall–Kier alpha value is -2.87. The number of nitrogens with zero attached hydrogens (tertiary/aromatic N) is 2. The Morgan fingerprint density at radius 2 is 1.65 bits per heavy atom. The number of allylic oxidation sites excluding steroid dienone is 5. The van der Waals surface area contributed by atoms with Gasteiger partial charge >= 0.3 is 0 Å². The molecular weight excluding hydrogens is 404 g/mol. The molecule has 0 aliphatic carbocycles. The van der Waals surface area contributed by atoms with Crippen molar-refractivity contribution < 1.29 is 23.2 Å². The Kier molecular flexibility index (Phi) is 17.6. The van der Waals surface area contributed by atoms with Crippen LogP contribution in [-0.2, 0) is 14.4 Å². The molecule has 0 aliphatic rings. The van der Waals surface area contributed by atoms with Gasteiger partial charge in [0.05, 0.1) is 0 Å². The number of hydrogen-bond donors (Lipinski definition) is 1. The molecule has 31 heavy (non-hydrogen) atoms. The fraction of sp³-hybridized carbons (Fsp3) is 0.435. The van der Waals surface area contributed by atoms with E-state index < -0.39 is 30.8 Å². The molecule has 0 rings (SSSR count). The third kappa shape index (κ3) is 11.8. The number of hydrogen-bond acceptors (Lipinski definition) is 4. The first kappa shape index (κ1) is 30.3. The normalized spacial score (nSPS) is 13.5. The average molecular weight is 440 g/mol. The zero-order valence-corrected chi connectivity index (χ0v) is 18.9. The van der Waals surface area contributed by atoms with Crippen molar-refractivity contribution in [2.45, 2.75) is 52.6 Å². The fourth-order valence-electron chi connectivity index (χ4n) is 2.37. The number of halogens is 2. The SMILES string of the molecule is C=C/C=C(\C=C/C)CC(F)N(C)C(=O)CC(=O)N(C=O)C(F)C/C(C=C)=C/CN.CC. The molecule has 0 aromatic rings. The van der Waals surface area contributed by atoms with Gasteiger partial charge in [0.15, 0.2) is 12.6 Å². The zero-order valence-electron chi connectivity index (χ0n) is 18.9. The van der Waals surface area contributed by atoms with E-state index in [1.807, 2.05) is 13.8 Å². The van der Waals surface area contributed by atoms with Crippen LogP contribution in [0.3, 0.4) is 0 Å². The van der Waals surface area contributed by atoms with Crippen molar-refractivity contribution in [1.29, 1.82) is 0 Å². The van der Waals surface area contributed by atoms with E-state index in [0.717, 1.165) is 4.90 Å². The highest BCUT2D eigenvalue weighted by atomic mass is 19.1. The maximum absolute atomic E-state index is 14.4. The van der Waals surface area contributed by atoms with Crippen molar-refractivity contribution >= 4 is 18.2 Å². The predicted molar refractivity (Wildman–Crippen MR) is 121 cm³/mol. The second-order valence-corrected chi connectivity index (χ2v) is 6.06. The van der Waals surface area contributed by atoms with E-state index in [0.29, 0.717) is 11.1 Å². The summed E-state index contributed by atoms with van der Waals surface area (Å²) in [4.78, 5) is 36.6. The van der Waals surface area contributed by atoms with Crippen molar-refractivity contribution in [2.24, 2.45) is 5.73 Å². The number of carbonyl (C=O) groups is 3. The van der Waals surface area contributed by atoms with Crippen LogP contribution in [0.25, 0.3) is 0 Å². The van der Waals surface area contributed by atoms with Gasteiger partial charge in [0, 0.05) is 26.4 Å². The molecule has 0 aromatic carbocycles. The van der Waals surface area contributed by atoms with Gasteiger partial charge in [-0.15, -0.1) is 0 Å². The average Bonchev–Trinajstić information content (AvgIpc) is 2.74. The summed E-state index contributed by atoms with van der Waals surface area (Å²) in [5, 5.41) is 0. The molecule has 2 unspecified atom stereocenters. The number of nitrogens with two attached hydrogens (primary N) is 1. The summed E-state index contributed by atoms with van der Waals surface area (Å²) in [6.07, 6.45) is 4.39. The molecule has 0 heterocycles. The Balaban J connectivity index is 0. The van der Waals surface area contributed by atoms with Crippen LogP contribution in [0.2, 0.25) is 0 Å². The predicted octanol–water partition coefficient (Wildman–Crippen LogP) is 3.98. The molecule has 174 valence electrons. The summed E-state index contributed by atoms with van der Waals surface area (Å²) in [6.45, 7) is 12.9. The summed E-state index contributed by atoms with van der Waals surface area (Å²) in [6, 6.07) is 0. The Morgan fingerprint density at radius 3 is 2.10 bits per heavy atom. The van der Waals surface area contributed by atoms with Crippen LogP contribution in [-0.4, -0.2) is 54.2 Å². The lowest BCUT2D eigenvalue weighted by molar-refractivity contribution is -0.149. The summed E-state index contributed by atoms with van der Waals surface area (Å²) in [5.74, 6) is -1.94. The van der Waals surface area contributed by atoms with E-state index in [2.05, 4.69) is 13.2 Å². The summed E-state index contributed by atoms with van der Waals surface area (Å²) < 4.78 is 28.8. The van der Waals surface area contributed by atoms with Crippen LogP contribution in [0.1, 0.15) is 40.0 Å². The van der Waals surface area contributed by atoms with Crippen LogP contribution in [0.5, 0.6) is 0 Å². The van der Waals surface area contributed by atoms with E-state index in [-0.39, 0.29) is 30.7 Å². The molecule has 0 radical (unpaired) electrons. The quantitative estimate of drug-likeness (QED) is 0.204. The van der Waals surface area contributed by atoms with Gasteiger partial charge in [0.1, 0.15) is 6.42 Å². The molecule has 0 saturated heterocycles. The molecule has 2 atom stereocenters. The molecule has 0 bridgehead atoms. The first-order chi connectivity index (χ1) is 14.7. The van der Waals surface area contributed by atoms with Gasteiger partial charge in [-0.05, 0) is 18.1 Å². The van der Waals surface area contributed by atoms with Crippen molar-refractivity contribution in [3.05, 3.63) is 60.8 Å². The second-order valence-electron chi connectivity index (χ2n) is 6.06. The third-order valence-corrected chi connectivity index (χ3v) is 3.98. The van der Waals surface area contributed by atoms with Crippen molar-refractivity contribution in [2.75, 3.05) is 13.6 Å². The molecule has 0 saturated carbocycles. The van der Waals surface area contributed by atoms with Crippen LogP contribution in [0, 0.1) is 0 Å². The minimum atomic E-state index is -1.99. The molecule has 0 spiro atoms. The molecule has 8 heteroatoms. The molecule has 2 N–H and O–H groups in total. The standard InChI is InChI=1S/C21H29F2N3O3.C2H6/c1-5-8-17(9-6-2)13-18(22)25(4)20(28)14-21(29)26(15-27)19(23)12-16(7-3)10-11-24;1-2/h5-10,15,18-19H,1,3,11-14,24H2,2,4H3;1-2H3/b9-6-,16-10+,17-8+;. The second kappa shape index (κ2) is 17.9. The number of carbonyl (C=O) groups excluding carboxylic acids is 3. The van der Waals surface area contributed by atoms with Gasteiger partial charge in [0.25, 0.3) is 0 Å². The highest BCUT2D eigenvalue weighted by Crippen LogP contribution is 2.17. The largest absolute Gasteiger partial charge is 0.327 e. The van der Waals surface area contributed by atoms with E-state index >= 15 is 0 Å². The minimum absolute atomic E-state index is 0.00727. The topological polar surface area (TPSA) is 83.7 Å². The third-order valence-electron chi connectivity index (χ3n) is 3.98. The van der Waals surface area contributed by atoms with E-state index in [1.54, 1.807) is 25.2 Å². The zero-order chi connectivity index (χ0) is 24.4. The number of alkyl halides is 2. The maximum Gasteiger partial charge on any atom is 0.240 e. The smallest absolute Gasteiger partial charge is 0.240 e. The van der Waals surface area contributed by atoms with Gasteiger partial charge in [0.2, 0.25) is 18.2 Å². The lowest BCUT2D eigenvalue weighted by atomic mass is 10.1. The molecular formula is C23H35F2N3O3. The van der Waals surface area contributed by atoms with Crippen LogP contribution in [0.4, 0.5) is 8.78 Å². The van der Waals surface area contributed by atoms with Gasteiger partial charge in [-0.25, -0.2) is 8.78 Å². The van der Waals surface area contributed by atoms with Crippen LogP contribution in [0.15, 0.2) is 60.8 Å². The summed E-state index contributed by atoms with van der Waals surface area (Å²) in [7, 11) is 1.19. The maximum atomic E-state index is 14.4. The fourth-order valence-corrected chi connectivity index (χ4v) is 2.37. The van der Waals surface area contributed by atoms with E-state index in [1.165, 1.54) is 25.3 Å². The summed E-state index contributed by atoms with van der Waals surface area (Å²) >= 11 is 0. The first-order valence-electron chi connectivity index (χ1n) is 10.0. The Labute approximate surface area is 184 Å². The molecule has 3 amide bonds.